The van der Waals surface area contributed by atoms with Crippen molar-refractivity contribution in [2.45, 2.75) is 26.0 Å². The molecule has 0 spiro atoms. The van der Waals surface area contributed by atoms with Gasteiger partial charge in [0.25, 0.3) is 0 Å². The number of carbonyl (C=O) groups excluding carboxylic acids is 1. The molecule has 0 fully saturated rings. The number of benzene rings is 1. The molecule has 0 amide bonds. The van der Waals surface area contributed by atoms with Gasteiger partial charge in [0.1, 0.15) is 18.8 Å². The molecular weight excluding hydrogens is 266 g/mol. The van der Waals surface area contributed by atoms with E-state index in [1.54, 1.807) is 17.9 Å². The van der Waals surface area contributed by atoms with Crippen molar-refractivity contribution in [1.29, 1.82) is 0 Å². The molecule has 6 heteroatoms. The van der Waals surface area contributed by atoms with Gasteiger partial charge in [-0.1, -0.05) is 37.3 Å². The first-order valence-electron chi connectivity index (χ1n) is 5.86. The van der Waals surface area contributed by atoms with Crippen LogP contribution in [0.25, 0.3) is 0 Å². The van der Waals surface area contributed by atoms with Gasteiger partial charge in [-0.25, -0.2) is 9.67 Å². The fourth-order valence-electron chi connectivity index (χ4n) is 1.62. The van der Waals surface area contributed by atoms with Crippen LogP contribution in [0.15, 0.2) is 43.0 Å². The smallest absolute Gasteiger partial charge is 0.306 e. The molecular formula is C13H16ClN3O2. The second-order valence-corrected chi connectivity index (χ2v) is 3.86. The van der Waals surface area contributed by atoms with Gasteiger partial charge in [-0.15, -0.1) is 12.4 Å². The average molecular weight is 282 g/mol. The van der Waals surface area contributed by atoms with Crippen LogP contribution < -0.4 is 0 Å². The molecule has 2 aromatic rings. The summed E-state index contributed by atoms with van der Waals surface area (Å²) in [6.07, 6.45) is 3.10. The van der Waals surface area contributed by atoms with E-state index in [9.17, 15) is 4.79 Å². The fourth-order valence-corrected chi connectivity index (χ4v) is 1.62. The molecule has 1 aromatic carbocycles. The molecule has 5 nitrogen and oxygen atoms in total. The Kier molecular flexibility index (Phi) is 6.02. The highest BCUT2D eigenvalue weighted by molar-refractivity contribution is 5.85. The molecule has 0 aliphatic carbocycles. The van der Waals surface area contributed by atoms with E-state index in [0.29, 0.717) is 13.0 Å². The number of esters is 1. The Morgan fingerprint density at radius 1 is 1.37 bits per heavy atom. The van der Waals surface area contributed by atoms with Gasteiger partial charge < -0.3 is 4.74 Å². The molecule has 1 heterocycles. The molecule has 0 aliphatic heterocycles. The van der Waals surface area contributed by atoms with Crippen LogP contribution in [0.3, 0.4) is 0 Å². The van der Waals surface area contributed by atoms with Crippen molar-refractivity contribution in [2.75, 3.05) is 0 Å². The fraction of sp³-hybridized carbons (Fsp3) is 0.308. The highest BCUT2D eigenvalue weighted by Crippen LogP contribution is 2.19. The predicted molar refractivity (Wildman–Crippen MR) is 72.8 cm³/mol. The lowest BCUT2D eigenvalue weighted by Gasteiger charge is -2.17. The normalized spacial score (nSPS) is 11.4. The third-order valence-electron chi connectivity index (χ3n) is 2.55. The third kappa shape index (κ3) is 4.37. The quantitative estimate of drug-likeness (QED) is 0.790. The van der Waals surface area contributed by atoms with Crippen LogP contribution in [0, 0.1) is 0 Å². The first-order valence-corrected chi connectivity index (χ1v) is 5.86. The molecule has 0 radical (unpaired) electrons. The third-order valence-corrected chi connectivity index (χ3v) is 2.55. The lowest BCUT2D eigenvalue weighted by Crippen LogP contribution is -2.16. The Bertz CT molecular complexity index is 488. The Morgan fingerprint density at radius 2 is 2.11 bits per heavy atom. The zero-order chi connectivity index (χ0) is 12.8. The summed E-state index contributed by atoms with van der Waals surface area (Å²) in [5, 5.41) is 4.03. The lowest BCUT2D eigenvalue weighted by atomic mass is 10.1. The summed E-state index contributed by atoms with van der Waals surface area (Å²) in [7, 11) is 0. The first kappa shape index (κ1) is 15.2. The Morgan fingerprint density at radius 3 is 2.68 bits per heavy atom. The van der Waals surface area contributed by atoms with Crippen molar-refractivity contribution < 1.29 is 9.53 Å². The van der Waals surface area contributed by atoms with Crippen molar-refractivity contribution in [3.05, 3.63) is 48.5 Å². The first-order chi connectivity index (χ1) is 8.79. The summed E-state index contributed by atoms with van der Waals surface area (Å²) in [6, 6.07) is 9.64. The molecule has 0 bridgehead atoms. The monoisotopic (exact) mass is 281 g/mol. The molecule has 0 N–H and O–H groups in total. The average Bonchev–Trinajstić information content (AvgIpc) is 2.92. The summed E-state index contributed by atoms with van der Waals surface area (Å²) in [4.78, 5) is 15.3. The van der Waals surface area contributed by atoms with Gasteiger partial charge in [-0.2, -0.15) is 5.10 Å². The molecule has 1 aromatic heterocycles. The van der Waals surface area contributed by atoms with Crippen LogP contribution in [-0.4, -0.2) is 20.7 Å². The predicted octanol–water partition coefficient (Wildman–Crippen LogP) is 2.39. The van der Waals surface area contributed by atoms with Gasteiger partial charge in [0.15, 0.2) is 0 Å². The van der Waals surface area contributed by atoms with Gasteiger partial charge in [0.05, 0.1) is 6.54 Å². The molecule has 2 rings (SSSR count). The molecule has 1 unspecified atom stereocenters. The summed E-state index contributed by atoms with van der Waals surface area (Å²) in [6.45, 7) is 2.25. The molecule has 102 valence electrons. The van der Waals surface area contributed by atoms with E-state index in [-0.39, 0.29) is 24.5 Å². The van der Waals surface area contributed by atoms with Crippen LogP contribution >= 0.6 is 12.4 Å². The second-order valence-electron chi connectivity index (χ2n) is 3.86. The van der Waals surface area contributed by atoms with E-state index in [1.807, 2.05) is 30.3 Å². The molecule has 1 atom stereocenters. The van der Waals surface area contributed by atoms with Crippen LogP contribution in [-0.2, 0) is 16.1 Å². The zero-order valence-electron chi connectivity index (χ0n) is 10.6. The van der Waals surface area contributed by atoms with Crippen LogP contribution in [0.5, 0.6) is 0 Å². The maximum Gasteiger partial charge on any atom is 0.306 e. The van der Waals surface area contributed by atoms with Crippen molar-refractivity contribution in [3.63, 3.8) is 0 Å². The van der Waals surface area contributed by atoms with Gasteiger partial charge in [0.2, 0.25) is 0 Å². The largest absolute Gasteiger partial charge is 0.455 e. The number of rotatable bonds is 5. The Labute approximate surface area is 118 Å². The SMILES string of the molecule is CCC(=O)OC(Cn1cncn1)c1ccccc1.Cl. The van der Waals surface area contributed by atoms with E-state index in [0.717, 1.165) is 5.56 Å². The maximum atomic E-state index is 11.5. The topological polar surface area (TPSA) is 57.0 Å². The van der Waals surface area contributed by atoms with E-state index in [1.165, 1.54) is 6.33 Å². The van der Waals surface area contributed by atoms with Crippen molar-refractivity contribution in [3.8, 4) is 0 Å². The van der Waals surface area contributed by atoms with Gasteiger partial charge >= 0.3 is 5.97 Å². The Hall–Kier alpha value is -1.88. The molecule has 0 saturated carbocycles. The van der Waals surface area contributed by atoms with Crippen molar-refractivity contribution in [1.82, 2.24) is 14.8 Å². The highest BCUT2D eigenvalue weighted by atomic mass is 35.5. The van der Waals surface area contributed by atoms with Gasteiger partial charge in [0, 0.05) is 6.42 Å². The number of halogens is 1. The van der Waals surface area contributed by atoms with Crippen LogP contribution in [0.2, 0.25) is 0 Å². The molecule has 0 aliphatic rings. The number of hydrogen-bond acceptors (Lipinski definition) is 4. The number of nitrogens with zero attached hydrogens (tertiary/aromatic N) is 3. The summed E-state index contributed by atoms with van der Waals surface area (Å²) in [5.74, 6) is -0.219. The summed E-state index contributed by atoms with van der Waals surface area (Å²) < 4.78 is 7.08. The van der Waals surface area contributed by atoms with E-state index in [2.05, 4.69) is 10.1 Å². The Balaban J connectivity index is 0.00000180. The number of carbonyl (C=O) groups is 1. The van der Waals surface area contributed by atoms with Gasteiger partial charge in [-0.3, -0.25) is 4.79 Å². The van der Waals surface area contributed by atoms with Crippen molar-refractivity contribution in [2.24, 2.45) is 0 Å². The number of hydrogen-bond donors (Lipinski definition) is 0. The molecule has 0 saturated heterocycles. The minimum atomic E-state index is -0.333. The maximum absolute atomic E-state index is 11.5. The molecule has 19 heavy (non-hydrogen) atoms. The van der Waals surface area contributed by atoms with E-state index < -0.39 is 0 Å². The second kappa shape index (κ2) is 7.53. The van der Waals surface area contributed by atoms with E-state index in [4.69, 9.17) is 4.74 Å². The number of aromatic nitrogens is 3. The minimum absolute atomic E-state index is 0. The standard InChI is InChI=1S/C13H15N3O2.ClH/c1-2-13(17)18-12(8-16-10-14-9-15-16)11-6-4-3-5-7-11;/h3-7,9-10,12H,2,8H2,1H3;1H. The van der Waals surface area contributed by atoms with Gasteiger partial charge in [-0.05, 0) is 5.56 Å². The van der Waals surface area contributed by atoms with Crippen molar-refractivity contribution >= 4 is 18.4 Å². The zero-order valence-corrected chi connectivity index (χ0v) is 11.4. The van der Waals surface area contributed by atoms with Crippen LogP contribution in [0.1, 0.15) is 25.0 Å². The summed E-state index contributed by atoms with van der Waals surface area (Å²) in [5.41, 5.74) is 0.954. The highest BCUT2D eigenvalue weighted by Gasteiger charge is 2.16. The minimum Gasteiger partial charge on any atom is -0.455 e. The lowest BCUT2D eigenvalue weighted by molar-refractivity contribution is -0.149. The van der Waals surface area contributed by atoms with Crippen LogP contribution in [0.4, 0.5) is 0 Å². The number of ether oxygens (including phenoxy) is 1. The van der Waals surface area contributed by atoms with E-state index >= 15 is 0 Å². The summed E-state index contributed by atoms with van der Waals surface area (Å²) >= 11 is 0.